The Bertz CT molecular complexity index is 754. The summed E-state index contributed by atoms with van der Waals surface area (Å²) in [5.41, 5.74) is 1.24. The van der Waals surface area contributed by atoms with Gasteiger partial charge in [0, 0.05) is 49.4 Å². The van der Waals surface area contributed by atoms with Gasteiger partial charge in [0.05, 0.1) is 11.7 Å². The average molecular weight is 381 g/mol. The van der Waals surface area contributed by atoms with Crippen molar-refractivity contribution in [3.63, 3.8) is 0 Å². The quantitative estimate of drug-likeness (QED) is 0.864. The minimum atomic E-state index is -0.292. The van der Waals surface area contributed by atoms with Gasteiger partial charge < -0.3 is 4.52 Å². The van der Waals surface area contributed by atoms with Gasteiger partial charge in [-0.2, -0.15) is 0 Å². The number of amides is 1. The van der Waals surface area contributed by atoms with Gasteiger partial charge >= 0.3 is 0 Å². The Labute approximate surface area is 156 Å². The zero-order chi connectivity index (χ0) is 18.7. The summed E-state index contributed by atoms with van der Waals surface area (Å²) in [6, 6.07) is 6.12. The highest BCUT2D eigenvalue weighted by atomic mass is 35.5. The second-order valence-corrected chi connectivity index (χ2v) is 6.92. The van der Waals surface area contributed by atoms with E-state index in [0.717, 1.165) is 26.2 Å². The predicted octanol–water partition coefficient (Wildman–Crippen LogP) is 2.92. The second-order valence-electron chi connectivity index (χ2n) is 6.51. The van der Waals surface area contributed by atoms with Crippen LogP contribution in [0.4, 0.5) is 10.3 Å². The second kappa shape index (κ2) is 8.16. The van der Waals surface area contributed by atoms with E-state index < -0.39 is 0 Å². The minimum absolute atomic E-state index is 0.133. The standard InChI is InChI=1S/C18H22ClFN4O2/c1-12-10-17(26-22-12)21-18(25)13(2)24-8-6-23(7-9-24)11-14-15(19)4-3-5-16(14)20/h3-5,10,13H,6-9,11H2,1-2H3,(H,21,25). The van der Waals surface area contributed by atoms with Crippen LogP contribution in [0.25, 0.3) is 0 Å². The van der Waals surface area contributed by atoms with Gasteiger partial charge in [-0.3, -0.25) is 19.9 Å². The summed E-state index contributed by atoms with van der Waals surface area (Å²) in [4.78, 5) is 16.6. The zero-order valence-corrected chi connectivity index (χ0v) is 15.6. The molecular weight excluding hydrogens is 359 g/mol. The van der Waals surface area contributed by atoms with Gasteiger partial charge in [-0.15, -0.1) is 0 Å². The van der Waals surface area contributed by atoms with E-state index >= 15 is 0 Å². The minimum Gasteiger partial charge on any atom is -0.338 e. The molecule has 0 saturated carbocycles. The van der Waals surface area contributed by atoms with Crippen LogP contribution in [0, 0.1) is 12.7 Å². The molecule has 26 heavy (non-hydrogen) atoms. The number of piperazine rings is 1. The normalized spacial score (nSPS) is 17.2. The molecule has 2 aromatic rings. The van der Waals surface area contributed by atoms with Crippen LogP contribution in [0.2, 0.25) is 5.02 Å². The molecule has 0 bridgehead atoms. The Morgan fingerprint density at radius 3 is 2.73 bits per heavy atom. The molecule has 1 fully saturated rings. The Hall–Kier alpha value is -1.96. The summed E-state index contributed by atoms with van der Waals surface area (Å²) in [7, 11) is 0. The van der Waals surface area contributed by atoms with Gasteiger partial charge in [-0.25, -0.2) is 4.39 Å². The smallest absolute Gasteiger partial charge is 0.243 e. The average Bonchev–Trinajstić information content (AvgIpc) is 3.03. The van der Waals surface area contributed by atoms with Crippen molar-refractivity contribution in [2.75, 3.05) is 31.5 Å². The van der Waals surface area contributed by atoms with Gasteiger partial charge in [0.15, 0.2) is 0 Å². The molecule has 1 aromatic heterocycles. The molecule has 1 aromatic carbocycles. The maximum atomic E-state index is 13.9. The number of rotatable bonds is 5. The molecule has 1 N–H and O–H groups in total. The SMILES string of the molecule is Cc1cc(NC(=O)C(C)N2CCN(Cc3c(F)cccc3Cl)CC2)on1. The monoisotopic (exact) mass is 380 g/mol. The van der Waals surface area contributed by atoms with E-state index in [2.05, 4.69) is 20.3 Å². The largest absolute Gasteiger partial charge is 0.338 e. The van der Waals surface area contributed by atoms with Crippen LogP contribution in [0.5, 0.6) is 0 Å². The summed E-state index contributed by atoms with van der Waals surface area (Å²) >= 11 is 6.10. The molecule has 1 aliphatic heterocycles. The number of halogens is 2. The van der Waals surface area contributed by atoms with E-state index in [1.165, 1.54) is 6.07 Å². The molecule has 0 aliphatic carbocycles. The van der Waals surface area contributed by atoms with Crippen LogP contribution in [-0.2, 0) is 11.3 Å². The number of hydrogen-bond donors (Lipinski definition) is 1. The van der Waals surface area contributed by atoms with Crippen LogP contribution in [0.1, 0.15) is 18.2 Å². The number of aromatic nitrogens is 1. The highest BCUT2D eigenvalue weighted by Crippen LogP contribution is 2.21. The third-order valence-corrected chi connectivity index (χ3v) is 5.01. The van der Waals surface area contributed by atoms with Crippen molar-refractivity contribution in [1.82, 2.24) is 15.0 Å². The summed E-state index contributed by atoms with van der Waals surface area (Å²) in [6.07, 6.45) is 0. The summed E-state index contributed by atoms with van der Waals surface area (Å²) in [6.45, 7) is 7.04. The Kier molecular flexibility index (Phi) is 5.90. The maximum absolute atomic E-state index is 13.9. The van der Waals surface area contributed by atoms with Crippen molar-refractivity contribution in [2.45, 2.75) is 26.4 Å². The molecule has 0 radical (unpaired) electrons. The molecule has 8 heteroatoms. The fourth-order valence-electron chi connectivity index (χ4n) is 3.03. The molecule has 2 heterocycles. The first-order valence-corrected chi connectivity index (χ1v) is 8.95. The molecule has 1 saturated heterocycles. The molecule has 6 nitrogen and oxygen atoms in total. The topological polar surface area (TPSA) is 61.6 Å². The van der Waals surface area contributed by atoms with Crippen molar-refractivity contribution in [2.24, 2.45) is 0 Å². The summed E-state index contributed by atoms with van der Waals surface area (Å²) < 4.78 is 19.0. The van der Waals surface area contributed by atoms with Crippen LogP contribution in [0.15, 0.2) is 28.8 Å². The fourth-order valence-corrected chi connectivity index (χ4v) is 3.25. The number of nitrogens with zero attached hydrogens (tertiary/aromatic N) is 3. The van der Waals surface area contributed by atoms with Gasteiger partial charge in [0.2, 0.25) is 11.8 Å². The number of nitrogens with one attached hydrogen (secondary N) is 1. The lowest BCUT2D eigenvalue weighted by atomic mass is 10.1. The van der Waals surface area contributed by atoms with Gasteiger partial charge in [-0.1, -0.05) is 22.8 Å². The summed E-state index contributed by atoms with van der Waals surface area (Å²) in [5.74, 6) is -0.0612. The third-order valence-electron chi connectivity index (χ3n) is 4.65. The van der Waals surface area contributed by atoms with Gasteiger partial charge in [0.25, 0.3) is 0 Å². The first kappa shape index (κ1) is 18.8. The molecule has 1 atom stereocenters. The Morgan fingerprint density at radius 2 is 2.12 bits per heavy atom. The molecule has 1 amide bonds. The van der Waals surface area contributed by atoms with E-state index in [-0.39, 0.29) is 17.8 Å². The first-order valence-electron chi connectivity index (χ1n) is 8.57. The number of benzene rings is 1. The fraction of sp³-hybridized carbons (Fsp3) is 0.444. The number of aryl methyl sites for hydroxylation is 1. The lowest BCUT2D eigenvalue weighted by Crippen LogP contribution is -2.52. The molecule has 140 valence electrons. The van der Waals surface area contributed by atoms with E-state index in [1.54, 1.807) is 25.1 Å². The van der Waals surface area contributed by atoms with Crippen LogP contribution >= 0.6 is 11.6 Å². The van der Waals surface area contributed by atoms with Crippen LogP contribution in [0.3, 0.4) is 0 Å². The molecule has 1 aliphatic rings. The van der Waals surface area contributed by atoms with Crippen molar-refractivity contribution in [3.8, 4) is 0 Å². The van der Waals surface area contributed by atoms with Crippen molar-refractivity contribution in [1.29, 1.82) is 0 Å². The first-order chi connectivity index (χ1) is 12.4. The van der Waals surface area contributed by atoms with Crippen LogP contribution in [-0.4, -0.2) is 53.1 Å². The maximum Gasteiger partial charge on any atom is 0.243 e. The zero-order valence-electron chi connectivity index (χ0n) is 14.8. The third kappa shape index (κ3) is 4.41. The molecular formula is C18H22ClFN4O2. The van der Waals surface area contributed by atoms with E-state index in [4.69, 9.17) is 16.1 Å². The van der Waals surface area contributed by atoms with Gasteiger partial charge in [-0.05, 0) is 26.0 Å². The number of carbonyl (C=O) groups excluding carboxylic acids is 1. The summed E-state index contributed by atoms with van der Waals surface area (Å²) in [5, 5.41) is 6.94. The molecule has 0 spiro atoms. The Morgan fingerprint density at radius 1 is 1.38 bits per heavy atom. The van der Waals surface area contributed by atoms with E-state index in [9.17, 15) is 9.18 Å². The van der Waals surface area contributed by atoms with Crippen molar-refractivity contribution >= 4 is 23.4 Å². The van der Waals surface area contributed by atoms with Crippen molar-refractivity contribution in [3.05, 3.63) is 46.4 Å². The lowest BCUT2D eigenvalue weighted by molar-refractivity contribution is -0.121. The van der Waals surface area contributed by atoms with E-state index in [1.807, 2.05) is 6.92 Å². The highest BCUT2D eigenvalue weighted by Gasteiger charge is 2.26. The number of hydrogen-bond acceptors (Lipinski definition) is 5. The molecule has 3 rings (SSSR count). The Balaban J connectivity index is 1.52. The van der Waals surface area contributed by atoms with Crippen LogP contribution < -0.4 is 5.32 Å². The van der Waals surface area contributed by atoms with E-state index in [0.29, 0.717) is 28.7 Å². The number of anilines is 1. The van der Waals surface area contributed by atoms with Gasteiger partial charge in [0.1, 0.15) is 5.82 Å². The molecule has 1 unspecified atom stereocenters. The number of carbonyl (C=O) groups is 1. The lowest BCUT2D eigenvalue weighted by Gasteiger charge is -2.37. The van der Waals surface area contributed by atoms with Crippen molar-refractivity contribution < 1.29 is 13.7 Å². The highest BCUT2D eigenvalue weighted by molar-refractivity contribution is 6.31. The predicted molar refractivity (Wildman–Crippen MR) is 97.6 cm³/mol.